The van der Waals surface area contributed by atoms with Crippen molar-refractivity contribution >= 4 is 40.7 Å². The van der Waals surface area contributed by atoms with Crippen LogP contribution in [0.1, 0.15) is 21.5 Å². The summed E-state index contributed by atoms with van der Waals surface area (Å²) >= 11 is 6.82. The molecule has 0 bridgehead atoms. The van der Waals surface area contributed by atoms with Crippen LogP contribution in [0.3, 0.4) is 0 Å². The molecule has 0 aliphatic carbocycles. The normalized spacial score (nSPS) is 10.1. The molecule has 0 aliphatic rings. The molecule has 3 N–H and O–H groups in total. The molecule has 0 heterocycles. The van der Waals surface area contributed by atoms with Gasteiger partial charge in [0.15, 0.2) is 5.11 Å². The van der Waals surface area contributed by atoms with Gasteiger partial charge in [0.05, 0.1) is 12.7 Å². The fourth-order valence-corrected chi connectivity index (χ4v) is 2.80. The van der Waals surface area contributed by atoms with Crippen molar-refractivity contribution in [2.75, 3.05) is 18.7 Å². The number of thiocarbonyl (C=S) groups is 1. The van der Waals surface area contributed by atoms with Crippen molar-refractivity contribution in [3.05, 3.63) is 53.1 Å². The van der Waals surface area contributed by atoms with Gasteiger partial charge < -0.3 is 10.1 Å². The van der Waals surface area contributed by atoms with Crippen LogP contribution < -0.4 is 20.9 Å². The zero-order valence-corrected chi connectivity index (χ0v) is 16.2. The van der Waals surface area contributed by atoms with Crippen molar-refractivity contribution in [2.24, 2.45) is 0 Å². The second kappa shape index (κ2) is 8.73. The van der Waals surface area contributed by atoms with Gasteiger partial charge in [0.25, 0.3) is 5.91 Å². The first-order valence-corrected chi connectivity index (χ1v) is 9.25. The van der Waals surface area contributed by atoms with Crippen LogP contribution in [0.2, 0.25) is 0 Å². The molecule has 0 spiro atoms. The molecule has 1 amide bonds. The average molecular weight is 376 g/mol. The van der Waals surface area contributed by atoms with Crippen LogP contribution in [0.25, 0.3) is 0 Å². The van der Waals surface area contributed by atoms with Gasteiger partial charge in [-0.05, 0) is 67.7 Å². The maximum Gasteiger partial charge on any atom is 0.273 e. The molecule has 0 saturated carbocycles. The third-order valence-electron chi connectivity index (χ3n) is 3.80. The molecule has 7 heteroatoms. The van der Waals surface area contributed by atoms with Gasteiger partial charge in [0, 0.05) is 10.6 Å². The van der Waals surface area contributed by atoms with Crippen LogP contribution in [0.4, 0.5) is 5.69 Å². The predicted molar refractivity (Wildman–Crippen MR) is 108 cm³/mol. The van der Waals surface area contributed by atoms with E-state index in [1.54, 1.807) is 17.8 Å². The van der Waals surface area contributed by atoms with E-state index >= 15 is 0 Å². The number of hydrogen-bond donors (Lipinski definition) is 3. The minimum Gasteiger partial charge on any atom is -0.496 e. The second-order valence-electron chi connectivity index (χ2n) is 5.35. The summed E-state index contributed by atoms with van der Waals surface area (Å²) in [5.41, 5.74) is 8.90. The van der Waals surface area contributed by atoms with Gasteiger partial charge in [-0.2, -0.15) is 0 Å². The molecule has 0 atom stereocenters. The topological polar surface area (TPSA) is 62.4 Å². The highest BCUT2D eigenvalue weighted by atomic mass is 32.2. The Bertz CT molecular complexity index is 794. The van der Waals surface area contributed by atoms with Crippen molar-refractivity contribution in [1.82, 2.24) is 10.9 Å². The maximum atomic E-state index is 12.4. The minimum atomic E-state index is -0.324. The van der Waals surface area contributed by atoms with Gasteiger partial charge in [-0.3, -0.25) is 15.6 Å². The number of aryl methyl sites for hydroxylation is 1. The number of carbonyl (C=O) groups excluding carboxylic acids is 1. The minimum absolute atomic E-state index is 0.307. The molecule has 5 nitrogen and oxygen atoms in total. The Hall–Kier alpha value is -2.25. The predicted octanol–water partition coefficient (Wildman–Crippen LogP) is 3.67. The summed E-state index contributed by atoms with van der Waals surface area (Å²) in [5.74, 6) is 0.189. The van der Waals surface area contributed by atoms with Gasteiger partial charge in [0.2, 0.25) is 0 Å². The highest BCUT2D eigenvalue weighted by Gasteiger charge is 2.13. The lowest BCUT2D eigenvalue weighted by molar-refractivity contribution is 0.0941. The zero-order chi connectivity index (χ0) is 18.4. The number of anilines is 1. The van der Waals surface area contributed by atoms with Crippen LogP contribution in [-0.2, 0) is 0 Å². The first kappa shape index (κ1) is 19.1. The molecule has 25 heavy (non-hydrogen) atoms. The van der Waals surface area contributed by atoms with Crippen LogP contribution in [0.5, 0.6) is 5.75 Å². The number of benzene rings is 2. The lowest BCUT2D eigenvalue weighted by Crippen LogP contribution is -2.43. The molecule has 0 unspecified atom stereocenters. The molecule has 2 aromatic carbocycles. The molecule has 0 aromatic heterocycles. The summed E-state index contributed by atoms with van der Waals surface area (Å²) in [6, 6.07) is 11.3. The van der Waals surface area contributed by atoms with Crippen molar-refractivity contribution < 1.29 is 9.53 Å². The summed E-state index contributed by atoms with van der Waals surface area (Å²) in [5, 5.41) is 3.38. The Morgan fingerprint density at radius 3 is 2.60 bits per heavy atom. The summed E-state index contributed by atoms with van der Waals surface area (Å²) < 4.78 is 5.29. The van der Waals surface area contributed by atoms with Gasteiger partial charge in [0.1, 0.15) is 5.75 Å². The van der Waals surface area contributed by atoms with E-state index in [9.17, 15) is 4.79 Å². The Morgan fingerprint density at radius 2 is 1.92 bits per heavy atom. The summed E-state index contributed by atoms with van der Waals surface area (Å²) in [6.07, 6.45) is 1.97. The van der Waals surface area contributed by atoms with E-state index in [4.69, 9.17) is 17.0 Å². The molecule has 0 aliphatic heterocycles. The number of nitrogens with one attached hydrogen (secondary N) is 3. The summed E-state index contributed by atoms with van der Waals surface area (Å²) in [4.78, 5) is 13.4. The molecule has 2 rings (SSSR count). The quantitative estimate of drug-likeness (QED) is 0.431. The number of ether oxygens (including phenoxy) is 1. The average Bonchev–Trinajstić information content (AvgIpc) is 2.62. The number of thioether (sulfide) groups is 1. The molecule has 0 fully saturated rings. The van der Waals surface area contributed by atoms with Gasteiger partial charge >= 0.3 is 0 Å². The van der Waals surface area contributed by atoms with Crippen molar-refractivity contribution in [2.45, 2.75) is 18.7 Å². The second-order valence-corrected chi connectivity index (χ2v) is 6.63. The fourth-order valence-electron chi connectivity index (χ4n) is 2.21. The van der Waals surface area contributed by atoms with E-state index in [-0.39, 0.29) is 5.91 Å². The lowest BCUT2D eigenvalue weighted by atomic mass is 10.1. The van der Waals surface area contributed by atoms with E-state index in [2.05, 4.69) is 16.2 Å². The highest BCUT2D eigenvalue weighted by molar-refractivity contribution is 7.98. The maximum absolute atomic E-state index is 12.4. The third-order valence-corrected chi connectivity index (χ3v) is 4.73. The number of hydrazine groups is 1. The number of carbonyl (C=O) groups is 1. The molecular weight excluding hydrogens is 354 g/mol. The van der Waals surface area contributed by atoms with Crippen molar-refractivity contribution in [1.29, 1.82) is 0 Å². The first-order chi connectivity index (χ1) is 12.0. The third kappa shape index (κ3) is 4.87. The number of hydrogen-bond acceptors (Lipinski definition) is 4. The van der Waals surface area contributed by atoms with Crippen LogP contribution in [-0.4, -0.2) is 24.4 Å². The van der Waals surface area contributed by atoms with E-state index in [0.29, 0.717) is 16.4 Å². The molecule has 0 saturated heterocycles. The Labute approximate surface area is 157 Å². The van der Waals surface area contributed by atoms with Crippen LogP contribution >= 0.6 is 24.0 Å². The van der Waals surface area contributed by atoms with Crippen molar-refractivity contribution in [3.63, 3.8) is 0 Å². The van der Waals surface area contributed by atoms with Crippen LogP contribution in [0.15, 0.2) is 41.3 Å². The first-order valence-electron chi connectivity index (χ1n) is 7.62. The number of methoxy groups -OCH3 is 1. The Kier molecular flexibility index (Phi) is 6.66. The van der Waals surface area contributed by atoms with Gasteiger partial charge in [-0.1, -0.05) is 12.1 Å². The molecular formula is C18H21N3O2S2. The Balaban J connectivity index is 2.00. The van der Waals surface area contributed by atoms with Gasteiger partial charge in [-0.25, -0.2) is 0 Å². The summed E-state index contributed by atoms with van der Waals surface area (Å²) in [6.45, 7) is 4.04. The molecule has 2 aromatic rings. The highest BCUT2D eigenvalue weighted by Crippen LogP contribution is 2.25. The fraction of sp³-hybridized carbons (Fsp3) is 0.222. The van der Waals surface area contributed by atoms with E-state index in [1.807, 2.05) is 50.4 Å². The number of rotatable bonds is 4. The van der Waals surface area contributed by atoms with E-state index in [1.165, 1.54) is 7.11 Å². The molecule has 0 radical (unpaired) electrons. The lowest BCUT2D eigenvalue weighted by Gasteiger charge is -2.15. The largest absolute Gasteiger partial charge is 0.496 e. The zero-order valence-electron chi connectivity index (χ0n) is 14.6. The SMILES string of the molecule is COc1cc(SC)ccc1C(=O)NNC(=S)Nc1cccc(C)c1C. The smallest absolute Gasteiger partial charge is 0.273 e. The van der Waals surface area contributed by atoms with E-state index < -0.39 is 0 Å². The monoisotopic (exact) mass is 375 g/mol. The van der Waals surface area contributed by atoms with Crippen LogP contribution in [0, 0.1) is 13.8 Å². The Morgan fingerprint density at radius 1 is 1.16 bits per heavy atom. The molecule has 132 valence electrons. The van der Waals surface area contributed by atoms with Crippen molar-refractivity contribution in [3.8, 4) is 5.75 Å². The van der Waals surface area contributed by atoms with Gasteiger partial charge in [-0.15, -0.1) is 11.8 Å². The number of amides is 1. The standard InChI is InChI=1S/C18H21N3O2S2/c1-11-6-5-7-15(12(11)2)19-18(24)21-20-17(22)14-9-8-13(25-4)10-16(14)23-3/h5-10H,1-4H3,(H,20,22)(H2,19,21,24). The summed E-state index contributed by atoms with van der Waals surface area (Å²) in [7, 11) is 1.54. The van der Waals surface area contributed by atoms with E-state index in [0.717, 1.165) is 21.7 Å².